The maximum atomic E-state index is 13.5. The SMILES string of the molecule is C=C(C(=O)OC1CCCCC1)[Si](CCCCCCCC)(CCCCCCCC)CCCCCCCC. The molecule has 0 spiro atoms. The Labute approximate surface area is 227 Å². The molecule has 1 saturated carbocycles. The molecule has 1 fully saturated rings. The third kappa shape index (κ3) is 15.0. The Morgan fingerprint density at radius 2 is 0.972 bits per heavy atom. The predicted octanol–water partition coefficient (Wildman–Crippen LogP) is 11.5. The number of hydrogen-bond donors (Lipinski definition) is 0. The highest BCUT2D eigenvalue weighted by Crippen LogP contribution is 2.36. The summed E-state index contributed by atoms with van der Waals surface area (Å²) < 4.78 is 6.13. The van der Waals surface area contributed by atoms with Gasteiger partial charge in [-0.25, -0.2) is 4.79 Å². The van der Waals surface area contributed by atoms with Crippen LogP contribution >= 0.6 is 0 Å². The first-order valence-corrected chi connectivity index (χ1v) is 19.1. The van der Waals surface area contributed by atoms with Crippen LogP contribution in [-0.2, 0) is 9.53 Å². The van der Waals surface area contributed by atoms with Crippen LogP contribution in [0.3, 0.4) is 0 Å². The van der Waals surface area contributed by atoms with E-state index < -0.39 is 8.07 Å². The monoisotopic (exact) mass is 520 g/mol. The molecule has 0 saturated heterocycles. The van der Waals surface area contributed by atoms with Crippen molar-refractivity contribution in [1.29, 1.82) is 0 Å². The van der Waals surface area contributed by atoms with Crippen LogP contribution in [0.5, 0.6) is 0 Å². The van der Waals surface area contributed by atoms with Crippen molar-refractivity contribution >= 4 is 14.0 Å². The van der Waals surface area contributed by atoms with Crippen LogP contribution in [0.2, 0.25) is 18.1 Å². The van der Waals surface area contributed by atoms with Crippen LogP contribution in [-0.4, -0.2) is 20.1 Å². The van der Waals surface area contributed by atoms with Crippen molar-refractivity contribution in [2.45, 2.75) is 193 Å². The molecule has 0 radical (unpaired) electrons. The van der Waals surface area contributed by atoms with Crippen molar-refractivity contribution in [3.05, 3.63) is 11.8 Å². The second kappa shape index (κ2) is 22.4. The molecule has 1 aliphatic carbocycles. The van der Waals surface area contributed by atoms with E-state index in [-0.39, 0.29) is 12.1 Å². The Morgan fingerprint density at radius 3 is 1.36 bits per heavy atom. The second-order valence-electron chi connectivity index (χ2n) is 12.0. The fraction of sp³-hybridized carbons (Fsp3) is 0.909. The van der Waals surface area contributed by atoms with Gasteiger partial charge in [-0.1, -0.05) is 167 Å². The van der Waals surface area contributed by atoms with E-state index >= 15 is 0 Å². The first-order valence-electron chi connectivity index (χ1n) is 16.5. The number of unbranched alkanes of at least 4 members (excludes halogenated alkanes) is 15. The summed E-state index contributed by atoms with van der Waals surface area (Å²) in [4.78, 5) is 13.5. The van der Waals surface area contributed by atoms with Gasteiger partial charge in [0.25, 0.3) is 0 Å². The van der Waals surface area contributed by atoms with Gasteiger partial charge < -0.3 is 4.74 Å². The summed E-state index contributed by atoms with van der Waals surface area (Å²) in [5, 5.41) is 0.962. The summed E-state index contributed by atoms with van der Waals surface area (Å²) in [5.74, 6) is -0.00323. The number of esters is 1. The zero-order valence-corrected chi connectivity index (χ0v) is 26.0. The van der Waals surface area contributed by atoms with E-state index in [0.29, 0.717) is 0 Å². The summed E-state index contributed by atoms with van der Waals surface area (Å²) >= 11 is 0. The Hall–Kier alpha value is -0.573. The summed E-state index contributed by atoms with van der Waals surface area (Å²) in [6.45, 7) is 11.4. The Bertz CT molecular complexity index is 497. The van der Waals surface area contributed by atoms with E-state index in [1.807, 2.05) is 0 Å². The van der Waals surface area contributed by atoms with Gasteiger partial charge in [-0.2, -0.15) is 0 Å². The van der Waals surface area contributed by atoms with Crippen molar-refractivity contribution in [1.82, 2.24) is 0 Å². The third-order valence-corrected chi connectivity index (χ3v) is 14.2. The number of carbonyl (C=O) groups is 1. The maximum Gasteiger partial charge on any atom is 0.329 e. The lowest BCUT2D eigenvalue weighted by molar-refractivity contribution is -0.144. The average Bonchev–Trinajstić information content (AvgIpc) is 2.89. The lowest BCUT2D eigenvalue weighted by Gasteiger charge is -2.34. The van der Waals surface area contributed by atoms with Crippen LogP contribution in [0.1, 0.15) is 168 Å². The Balaban J connectivity index is 2.85. The lowest BCUT2D eigenvalue weighted by atomic mass is 9.98. The van der Waals surface area contributed by atoms with Gasteiger partial charge in [0.1, 0.15) is 6.10 Å². The van der Waals surface area contributed by atoms with Gasteiger partial charge in [-0.3, -0.25) is 0 Å². The van der Waals surface area contributed by atoms with E-state index in [2.05, 4.69) is 27.4 Å². The van der Waals surface area contributed by atoms with Crippen molar-refractivity contribution in [2.24, 2.45) is 0 Å². The van der Waals surface area contributed by atoms with Gasteiger partial charge in [-0.15, -0.1) is 0 Å². The molecule has 1 aliphatic rings. The van der Waals surface area contributed by atoms with Crippen molar-refractivity contribution in [3.8, 4) is 0 Å². The molecule has 0 aliphatic heterocycles. The normalized spacial score (nSPS) is 14.8. The van der Waals surface area contributed by atoms with Gasteiger partial charge in [0, 0.05) is 5.20 Å². The molecule has 0 aromatic rings. The van der Waals surface area contributed by atoms with Gasteiger partial charge in [0.15, 0.2) is 0 Å². The average molecular weight is 521 g/mol. The van der Waals surface area contributed by atoms with E-state index in [0.717, 1.165) is 18.0 Å². The minimum Gasteiger partial charge on any atom is -0.459 e. The number of rotatable bonds is 24. The molecule has 0 N–H and O–H groups in total. The van der Waals surface area contributed by atoms with Gasteiger partial charge in [0.2, 0.25) is 0 Å². The van der Waals surface area contributed by atoms with Crippen LogP contribution in [0, 0.1) is 0 Å². The van der Waals surface area contributed by atoms with E-state index in [1.54, 1.807) is 0 Å². The van der Waals surface area contributed by atoms with Crippen LogP contribution in [0.15, 0.2) is 11.8 Å². The summed E-state index contributed by atoms with van der Waals surface area (Å²) in [5.41, 5.74) is 0. The standard InChI is InChI=1S/C33H64O2Si/c1-5-8-11-14-17-23-28-36(29-24-18-15-12-9-6-2,30-25-19-16-13-10-7-3)31(4)33(34)35-32-26-21-20-22-27-32/h32H,4-30H2,1-3H3. The zero-order valence-electron chi connectivity index (χ0n) is 25.0. The molecule has 0 heterocycles. The first-order chi connectivity index (χ1) is 17.6. The van der Waals surface area contributed by atoms with Gasteiger partial charge >= 0.3 is 5.97 Å². The molecule has 0 atom stereocenters. The van der Waals surface area contributed by atoms with Gasteiger partial charge in [-0.05, 0) is 25.7 Å². The maximum absolute atomic E-state index is 13.5. The quantitative estimate of drug-likeness (QED) is 0.0547. The topological polar surface area (TPSA) is 26.3 Å². The molecule has 2 nitrogen and oxygen atoms in total. The van der Waals surface area contributed by atoms with E-state index in [9.17, 15) is 4.79 Å². The Morgan fingerprint density at radius 1 is 0.611 bits per heavy atom. The summed E-state index contributed by atoms with van der Waals surface area (Å²) in [7, 11) is -1.92. The molecule has 1 rings (SSSR count). The molecule has 3 heteroatoms. The van der Waals surface area contributed by atoms with E-state index in [1.165, 1.54) is 153 Å². The van der Waals surface area contributed by atoms with Crippen LogP contribution in [0.25, 0.3) is 0 Å². The molecule has 0 amide bonds. The minimum atomic E-state index is -1.92. The highest BCUT2D eigenvalue weighted by molar-refractivity contribution is 6.90. The van der Waals surface area contributed by atoms with Crippen LogP contribution < -0.4 is 0 Å². The predicted molar refractivity (Wildman–Crippen MR) is 162 cm³/mol. The largest absolute Gasteiger partial charge is 0.459 e. The molecule has 0 aromatic carbocycles. The fourth-order valence-corrected chi connectivity index (χ4v) is 11.1. The molecular formula is C33H64O2Si. The minimum absolute atomic E-state index is 0.00323. The molecule has 0 bridgehead atoms. The summed E-state index contributed by atoms with van der Waals surface area (Å²) in [6, 6.07) is 3.80. The van der Waals surface area contributed by atoms with Crippen LogP contribution in [0.4, 0.5) is 0 Å². The van der Waals surface area contributed by atoms with Crippen molar-refractivity contribution in [3.63, 3.8) is 0 Å². The smallest absolute Gasteiger partial charge is 0.329 e. The molecule has 212 valence electrons. The Kier molecular flexibility index (Phi) is 20.8. The lowest BCUT2D eigenvalue weighted by Crippen LogP contribution is -2.41. The summed E-state index contributed by atoms with van der Waals surface area (Å²) in [6.07, 6.45) is 30.0. The molecule has 36 heavy (non-hydrogen) atoms. The van der Waals surface area contributed by atoms with Crippen molar-refractivity contribution in [2.75, 3.05) is 0 Å². The molecule has 0 unspecified atom stereocenters. The van der Waals surface area contributed by atoms with Gasteiger partial charge in [0.05, 0.1) is 8.07 Å². The van der Waals surface area contributed by atoms with E-state index in [4.69, 9.17) is 4.74 Å². The highest BCUT2D eigenvalue weighted by Gasteiger charge is 2.39. The van der Waals surface area contributed by atoms with Crippen molar-refractivity contribution < 1.29 is 9.53 Å². The molecule has 0 aromatic heterocycles. The third-order valence-electron chi connectivity index (χ3n) is 8.74. The first kappa shape index (κ1) is 33.5. The highest BCUT2D eigenvalue weighted by atomic mass is 28.3. The zero-order chi connectivity index (χ0) is 26.3. The number of carbonyl (C=O) groups excluding carboxylic acids is 1. The number of hydrogen-bond acceptors (Lipinski definition) is 2. The number of ether oxygens (including phenoxy) is 1. The second-order valence-corrected chi connectivity index (χ2v) is 16.6. The fourth-order valence-electron chi connectivity index (χ4n) is 6.18. The molecular weight excluding hydrogens is 456 g/mol.